The molecule has 2 N–H and O–H groups in total. The first-order valence-corrected chi connectivity index (χ1v) is 21.5. The minimum atomic E-state index is -1.82. The van der Waals surface area contributed by atoms with Crippen molar-refractivity contribution in [2.24, 2.45) is 23.7 Å². The zero-order chi connectivity index (χ0) is 41.9. The summed E-state index contributed by atoms with van der Waals surface area (Å²) in [5, 5.41) is 23.6. The number of methoxy groups -OCH3 is 1. The molecule has 5 aliphatic heterocycles. The third-order valence-electron chi connectivity index (χ3n) is 13.4. The Morgan fingerprint density at radius 1 is 1.09 bits per heavy atom. The van der Waals surface area contributed by atoms with E-state index in [1.807, 2.05) is 26.0 Å². The maximum absolute atomic E-state index is 14.3. The van der Waals surface area contributed by atoms with Crippen LogP contribution in [0, 0.1) is 23.7 Å². The van der Waals surface area contributed by atoms with E-state index in [1.165, 1.54) is 0 Å². The number of aliphatic hydroxyl groups excluding tert-OH is 1. The SMILES string of the molecule is CCOC(=O)CO[C@H]1[C@H](C)O[C@@H](O[C@@H]2/C(C)=C/C[C@@H]3C[C@@H](C[C@]4(CC[C@H](C)[C@@H](C(C)CC)O4)O3)OC(=O)C3C=C(C)[C@@H](O)[C@H]4OC/C(=C/C=C/[C@@H]2C)C34O)C[C@@H]1OC. The monoisotopic (exact) mass is 816 g/mol. The minimum Gasteiger partial charge on any atom is -0.464 e. The van der Waals surface area contributed by atoms with Crippen LogP contribution in [0.3, 0.4) is 0 Å². The summed E-state index contributed by atoms with van der Waals surface area (Å²) in [5.41, 5.74) is 0.173. The number of esters is 2. The summed E-state index contributed by atoms with van der Waals surface area (Å²) in [7, 11) is 1.61. The highest BCUT2D eigenvalue weighted by Crippen LogP contribution is 2.48. The van der Waals surface area contributed by atoms with Crippen molar-refractivity contribution in [3.05, 3.63) is 47.1 Å². The second kappa shape index (κ2) is 19.1. The lowest BCUT2D eigenvalue weighted by atomic mass is 9.71. The number of carbonyl (C=O) groups excluding carboxylic acids is 2. The maximum atomic E-state index is 14.3. The molecule has 6 aliphatic rings. The number of carbonyl (C=O) groups is 2. The van der Waals surface area contributed by atoms with Crippen molar-refractivity contribution in [3.63, 3.8) is 0 Å². The van der Waals surface area contributed by atoms with Gasteiger partial charge in [-0.1, -0.05) is 64.5 Å². The van der Waals surface area contributed by atoms with E-state index in [1.54, 1.807) is 33.1 Å². The van der Waals surface area contributed by atoms with E-state index in [4.69, 9.17) is 42.6 Å². The molecule has 16 atom stereocenters. The fourth-order valence-electron chi connectivity index (χ4n) is 9.86. The molecule has 13 heteroatoms. The first-order chi connectivity index (χ1) is 27.6. The molecular formula is C45H68O13. The quantitative estimate of drug-likeness (QED) is 0.218. The Labute approximate surface area is 344 Å². The Morgan fingerprint density at radius 3 is 2.59 bits per heavy atom. The predicted octanol–water partition coefficient (Wildman–Crippen LogP) is 5.65. The lowest BCUT2D eigenvalue weighted by molar-refractivity contribution is -0.340. The van der Waals surface area contributed by atoms with E-state index in [2.05, 4.69) is 33.8 Å². The van der Waals surface area contributed by atoms with Crippen LogP contribution in [-0.4, -0.2) is 122 Å². The van der Waals surface area contributed by atoms with Crippen LogP contribution in [0.5, 0.6) is 0 Å². The van der Waals surface area contributed by atoms with E-state index in [0.717, 1.165) is 18.4 Å². The number of ether oxygens (including phenoxy) is 9. The molecule has 0 aromatic carbocycles. The summed E-state index contributed by atoms with van der Waals surface area (Å²) >= 11 is 0. The van der Waals surface area contributed by atoms with Gasteiger partial charge < -0.3 is 52.8 Å². The van der Waals surface area contributed by atoms with E-state index in [0.29, 0.717) is 55.1 Å². The molecule has 58 heavy (non-hydrogen) atoms. The summed E-state index contributed by atoms with van der Waals surface area (Å²) in [4.78, 5) is 26.4. The van der Waals surface area contributed by atoms with Crippen molar-refractivity contribution >= 4 is 11.9 Å². The van der Waals surface area contributed by atoms with Crippen molar-refractivity contribution in [3.8, 4) is 0 Å². The van der Waals surface area contributed by atoms with E-state index >= 15 is 0 Å². The van der Waals surface area contributed by atoms with Gasteiger partial charge in [0.25, 0.3) is 0 Å². The van der Waals surface area contributed by atoms with Gasteiger partial charge in [0.15, 0.2) is 12.1 Å². The van der Waals surface area contributed by atoms with Gasteiger partial charge in [-0.2, -0.15) is 0 Å². The van der Waals surface area contributed by atoms with Gasteiger partial charge in [-0.15, -0.1) is 0 Å². The van der Waals surface area contributed by atoms with Gasteiger partial charge in [0, 0.05) is 38.7 Å². The summed E-state index contributed by atoms with van der Waals surface area (Å²) < 4.78 is 56.3. The molecule has 326 valence electrons. The van der Waals surface area contributed by atoms with Gasteiger partial charge in [-0.25, -0.2) is 4.79 Å². The van der Waals surface area contributed by atoms with Crippen molar-refractivity contribution in [2.75, 3.05) is 26.9 Å². The molecule has 0 aromatic heterocycles. The molecule has 3 unspecified atom stereocenters. The van der Waals surface area contributed by atoms with Gasteiger partial charge >= 0.3 is 11.9 Å². The average molecular weight is 817 g/mol. The molecule has 2 bridgehead atoms. The molecule has 5 heterocycles. The fourth-order valence-corrected chi connectivity index (χ4v) is 9.86. The molecule has 1 spiro atoms. The molecule has 0 aromatic rings. The normalized spacial score (nSPS) is 45.1. The van der Waals surface area contributed by atoms with Crippen LogP contribution >= 0.6 is 0 Å². The van der Waals surface area contributed by atoms with E-state index < -0.39 is 78.3 Å². The second-order valence-electron chi connectivity index (χ2n) is 17.6. The minimum absolute atomic E-state index is 0.00593. The van der Waals surface area contributed by atoms with Crippen molar-refractivity contribution < 1.29 is 62.4 Å². The Morgan fingerprint density at radius 2 is 1.86 bits per heavy atom. The second-order valence-corrected chi connectivity index (χ2v) is 17.6. The Hall–Kier alpha value is -2.46. The van der Waals surface area contributed by atoms with Gasteiger partial charge in [-0.05, 0) is 69.1 Å². The first-order valence-electron chi connectivity index (χ1n) is 21.5. The van der Waals surface area contributed by atoms with Gasteiger partial charge in [0.05, 0.1) is 43.7 Å². The van der Waals surface area contributed by atoms with Gasteiger partial charge in [0.1, 0.15) is 42.5 Å². The summed E-state index contributed by atoms with van der Waals surface area (Å²) in [6, 6.07) is 0. The van der Waals surface area contributed by atoms with Gasteiger partial charge in [-0.3, -0.25) is 4.79 Å². The molecular weight excluding hydrogens is 748 g/mol. The maximum Gasteiger partial charge on any atom is 0.332 e. The average Bonchev–Trinajstić information content (AvgIpc) is 3.53. The zero-order valence-electron chi connectivity index (χ0n) is 35.9. The highest BCUT2D eigenvalue weighted by molar-refractivity contribution is 5.78. The smallest absolute Gasteiger partial charge is 0.332 e. The highest BCUT2D eigenvalue weighted by Gasteiger charge is 2.60. The zero-order valence-corrected chi connectivity index (χ0v) is 35.9. The lowest BCUT2D eigenvalue weighted by Gasteiger charge is -2.51. The first kappa shape index (κ1) is 45.1. The molecule has 0 saturated carbocycles. The molecule has 0 radical (unpaired) electrons. The third-order valence-corrected chi connectivity index (χ3v) is 13.4. The predicted molar refractivity (Wildman–Crippen MR) is 213 cm³/mol. The molecule has 6 rings (SSSR count). The van der Waals surface area contributed by atoms with Crippen LogP contribution in [0.2, 0.25) is 0 Å². The standard InChI is InChI=1S/C45H68O13/c1-10-25(3)40-28(6)17-18-44(58-40)22-33-20-32(57-44)16-15-27(5)39(56-37-21-35(50-9)41(30(8)54-37)52-24-36(46)51-11-2)26(4)13-12-14-31-23-53-42-38(47)29(7)19-34(43(48)55-33)45(31,42)49/h12-15,19,25-26,28,30,32-35,37-42,47,49H,10-11,16-18,20-24H2,1-9H3/b13-12+,27-15+,31-14-/t25?,26-,28-,30-,32+,33-,34?,35-,37-,38+,39-,40+,41-,42+,44+,45?/m0/s1. The van der Waals surface area contributed by atoms with E-state index in [-0.39, 0.29) is 37.9 Å². The van der Waals surface area contributed by atoms with Crippen LogP contribution in [0.1, 0.15) is 100 Å². The molecule has 4 fully saturated rings. The molecule has 1 aliphatic carbocycles. The van der Waals surface area contributed by atoms with Crippen LogP contribution in [0.25, 0.3) is 0 Å². The molecule has 0 amide bonds. The highest BCUT2D eigenvalue weighted by atomic mass is 16.7. The number of hydrogen-bond donors (Lipinski definition) is 2. The number of rotatable bonds is 9. The lowest BCUT2D eigenvalue weighted by Crippen LogP contribution is -2.58. The van der Waals surface area contributed by atoms with Crippen LogP contribution in [0.15, 0.2) is 47.1 Å². The summed E-state index contributed by atoms with van der Waals surface area (Å²) in [6.45, 7) is 16.2. The van der Waals surface area contributed by atoms with Crippen molar-refractivity contribution in [1.29, 1.82) is 0 Å². The fraction of sp³-hybridized carbons (Fsp3) is 0.778. The molecule has 13 nitrogen and oxygen atoms in total. The Balaban J connectivity index is 1.32. The Kier molecular flexibility index (Phi) is 14.8. The van der Waals surface area contributed by atoms with Crippen molar-refractivity contribution in [2.45, 2.75) is 173 Å². The van der Waals surface area contributed by atoms with Crippen LogP contribution in [-0.2, 0) is 52.2 Å². The summed E-state index contributed by atoms with van der Waals surface area (Å²) in [6.07, 6.45) is 8.23. The van der Waals surface area contributed by atoms with Crippen LogP contribution in [0.4, 0.5) is 0 Å². The largest absolute Gasteiger partial charge is 0.464 e. The van der Waals surface area contributed by atoms with Crippen molar-refractivity contribution in [1.82, 2.24) is 0 Å². The summed E-state index contributed by atoms with van der Waals surface area (Å²) in [5.74, 6) is -2.54. The van der Waals surface area contributed by atoms with Crippen LogP contribution < -0.4 is 0 Å². The van der Waals surface area contributed by atoms with E-state index in [9.17, 15) is 19.8 Å². The third kappa shape index (κ3) is 9.53. The number of hydrogen-bond acceptors (Lipinski definition) is 13. The number of allylic oxidation sites excluding steroid dienone is 2. The number of aliphatic hydroxyl groups is 2. The topological polar surface area (TPSA) is 158 Å². The number of fused-ring (bicyclic) bond motifs is 2. The van der Waals surface area contributed by atoms with Gasteiger partial charge in [0.2, 0.25) is 0 Å². The molecule has 4 saturated heterocycles. The Bertz CT molecular complexity index is 1570.